The molecule has 4 fully saturated rings. The molecule has 5 aliphatic rings. The van der Waals surface area contributed by atoms with Gasteiger partial charge >= 0.3 is 99.2 Å². The average Bonchev–Trinajstić information content (AvgIpc) is 3.77. The monoisotopic (exact) mass is 802 g/mol. The summed E-state index contributed by atoms with van der Waals surface area (Å²) in [6, 6.07) is 37.3. The molecule has 4 saturated carbocycles. The third-order valence-electron chi connectivity index (χ3n) is 11.9. The van der Waals surface area contributed by atoms with Crippen molar-refractivity contribution < 1.29 is 49.0 Å². The summed E-state index contributed by atoms with van der Waals surface area (Å²) in [5.41, 5.74) is 8.07. The van der Waals surface area contributed by atoms with Crippen LogP contribution in [0.1, 0.15) is 109 Å². The van der Waals surface area contributed by atoms with Crippen LogP contribution in [0.15, 0.2) is 121 Å². The van der Waals surface area contributed by atoms with Gasteiger partial charge in [0, 0.05) is 0 Å². The molecule has 5 aromatic rings. The SMILES string of the molecule is CC(C)(C)c1ccc2c(c1)[cH-]c1cc(C(C)(C)C)ccc12.[C-]1=C(C23CC4CC(CC(C4)C2)C3)C=CC1.[Cl-].[Cl-].[Zr+2]=[C](c1ccccc1)c1ccccc1. The van der Waals surface area contributed by atoms with E-state index in [9.17, 15) is 0 Å². The summed E-state index contributed by atoms with van der Waals surface area (Å²) in [7, 11) is 0. The fourth-order valence-electron chi connectivity index (χ4n) is 9.54. The number of fused-ring (bicyclic) bond motifs is 3. The molecule has 0 heterocycles. The minimum atomic E-state index is 0. The van der Waals surface area contributed by atoms with Gasteiger partial charge in [0.2, 0.25) is 0 Å². The average molecular weight is 805 g/mol. The van der Waals surface area contributed by atoms with Crippen molar-refractivity contribution in [1.82, 2.24) is 0 Å². The van der Waals surface area contributed by atoms with Crippen LogP contribution in [-0.2, 0) is 35.1 Å². The predicted molar refractivity (Wildman–Crippen MR) is 212 cm³/mol. The van der Waals surface area contributed by atoms with Crippen LogP contribution >= 0.6 is 0 Å². The number of halogens is 2. The first kappa shape index (κ1) is 40.7. The molecule has 5 aromatic carbocycles. The van der Waals surface area contributed by atoms with Gasteiger partial charge in [-0.2, -0.15) is 6.08 Å². The Morgan fingerprint density at radius 2 is 1.06 bits per heavy atom. The summed E-state index contributed by atoms with van der Waals surface area (Å²) in [4.78, 5) is 0. The van der Waals surface area contributed by atoms with Gasteiger partial charge in [-0.25, -0.2) is 11.6 Å². The first-order valence-corrected chi connectivity index (χ1v) is 20.2. The van der Waals surface area contributed by atoms with Gasteiger partial charge in [-0.3, -0.25) is 6.08 Å². The molecule has 0 N–H and O–H groups in total. The number of rotatable bonds is 3. The Bertz CT molecular complexity index is 1890. The number of hydrogen-bond donors (Lipinski definition) is 0. The molecule has 0 aromatic heterocycles. The van der Waals surface area contributed by atoms with Crippen LogP contribution < -0.4 is 24.8 Å². The van der Waals surface area contributed by atoms with Crippen molar-refractivity contribution in [1.29, 1.82) is 0 Å². The van der Waals surface area contributed by atoms with Crippen LogP contribution in [0.2, 0.25) is 0 Å². The first-order valence-electron chi connectivity index (χ1n) is 19.0. The topological polar surface area (TPSA) is 0 Å². The maximum atomic E-state index is 3.62. The van der Waals surface area contributed by atoms with Crippen LogP contribution in [0.4, 0.5) is 0 Å². The van der Waals surface area contributed by atoms with Gasteiger partial charge in [-0.15, -0.1) is 46.2 Å². The molecule has 0 saturated heterocycles. The van der Waals surface area contributed by atoms with Crippen LogP contribution in [0.25, 0.3) is 21.5 Å². The summed E-state index contributed by atoms with van der Waals surface area (Å²) in [5, 5.41) is 5.48. The van der Waals surface area contributed by atoms with E-state index in [1.807, 2.05) is 0 Å². The number of allylic oxidation sites excluding steroid dienone is 4. The van der Waals surface area contributed by atoms with E-state index in [0.29, 0.717) is 5.41 Å². The normalized spacial score (nSPS) is 22.8. The van der Waals surface area contributed by atoms with E-state index >= 15 is 0 Å². The second-order valence-electron chi connectivity index (χ2n) is 17.8. The molecule has 0 radical (unpaired) electrons. The van der Waals surface area contributed by atoms with Crippen molar-refractivity contribution in [3.63, 3.8) is 0 Å². The summed E-state index contributed by atoms with van der Waals surface area (Å²) in [6.45, 7) is 13.6. The maximum absolute atomic E-state index is 3.62. The van der Waals surface area contributed by atoms with Crippen LogP contribution in [0, 0.1) is 29.2 Å². The molecule has 0 spiro atoms. The second kappa shape index (κ2) is 16.5. The summed E-state index contributed by atoms with van der Waals surface area (Å²) >= 11 is 1.46. The zero-order chi connectivity index (χ0) is 35.1. The van der Waals surface area contributed by atoms with Crippen molar-refractivity contribution in [2.24, 2.45) is 23.2 Å². The first-order chi connectivity index (χ1) is 23.9. The van der Waals surface area contributed by atoms with E-state index in [-0.39, 0.29) is 35.6 Å². The van der Waals surface area contributed by atoms with E-state index in [4.69, 9.17) is 0 Å². The van der Waals surface area contributed by atoms with Crippen molar-refractivity contribution in [3.8, 4) is 0 Å². The van der Waals surface area contributed by atoms with Crippen molar-refractivity contribution in [3.05, 3.63) is 149 Å². The molecule has 0 aliphatic heterocycles. The quantitative estimate of drug-likeness (QED) is 0.173. The van der Waals surface area contributed by atoms with Gasteiger partial charge in [0.25, 0.3) is 0 Å². The van der Waals surface area contributed by atoms with Gasteiger partial charge in [0.05, 0.1) is 0 Å². The Balaban J connectivity index is 0.000000151. The molecule has 0 unspecified atom stereocenters. The zero-order valence-corrected chi connectivity index (χ0v) is 35.9. The van der Waals surface area contributed by atoms with Gasteiger partial charge in [0.1, 0.15) is 0 Å². The fraction of sp³-hybridized carbons (Fsp3) is 0.388. The van der Waals surface area contributed by atoms with Crippen LogP contribution in [-0.4, -0.2) is 3.21 Å². The molecular weight excluding hydrogens is 751 g/mol. The van der Waals surface area contributed by atoms with E-state index in [0.717, 1.165) is 24.2 Å². The molecular formula is C49H54Cl2Zr-2. The minimum absolute atomic E-state index is 0. The van der Waals surface area contributed by atoms with E-state index in [1.54, 1.807) is 24.8 Å². The van der Waals surface area contributed by atoms with E-state index < -0.39 is 0 Å². The zero-order valence-electron chi connectivity index (χ0n) is 31.9. The van der Waals surface area contributed by atoms with Crippen LogP contribution in [0.3, 0.4) is 0 Å². The van der Waals surface area contributed by atoms with Gasteiger partial charge in [-0.1, -0.05) is 76.9 Å². The molecule has 270 valence electrons. The van der Waals surface area contributed by atoms with Crippen LogP contribution in [0.5, 0.6) is 0 Å². The third-order valence-corrected chi connectivity index (χ3v) is 13.3. The number of hydrogen-bond acceptors (Lipinski definition) is 0. The standard InChI is InChI=1S/C21H25.C15H19.C13H10.2ClH.Zr/c1-20(2,3)16-7-9-18-14(12-16)11-15-13-17(21(4,5)6)8-10-19(15)18;1-2-4-14(3-1)15-8-11-5-12(9-15)7-13(6-11)10-15;1-3-7-12(8-4-1)11-13-9-5-2-6-10-13;;;/h7-13H,1-6H3;1,3,11-13H,2,5-10H2;1-10H;2*1H;/q2*-1;;;;+2/p-2. The Kier molecular flexibility index (Phi) is 12.9. The Hall–Kier alpha value is -2.44. The molecule has 0 atom stereocenters. The van der Waals surface area contributed by atoms with Crippen molar-refractivity contribution in [2.45, 2.75) is 97.3 Å². The summed E-state index contributed by atoms with van der Waals surface area (Å²) in [6.07, 6.45) is 18.5. The Labute approximate surface area is 341 Å². The molecule has 3 heteroatoms. The fourth-order valence-corrected chi connectivity index (χ4v) is 10.4. The van der Waals surface area contributed by atoms with Gasteiger partial charge in [-0.05, 0) is 72.5 Å². The van der Waals surface area contributed by atoms with Gasteiger partial charge in [0.15, 0.2) is 0 Å². The summed E-state index contributed by atoms with van der Waals surface area (Å²) in [5.74, 6) is 3.21. The Morgan fingerprint density at radius 1 is 0.635 bits per heavy atom. The summed E-state index contributed by atoms with van der Waals surface area (Å²) < 4.78 is 1.42. The molecule has 0 amide bonds. The molecule has 5 aliphatic carbocycles. The molecule has 10 rings (SSSR count). The number of benzene rings is 4. The molecule has 0 nitrogen and oxygen atoms in total. The second-order valence-corrected chi connectivity index (χ2v) is 19.0. The van der Waals surface area contributed by atoms with E-state index in [2.05, 4.69) is 163 Å². The molecule has 4 bridgehead atoms. The van der Waals surface area contributed by atoms with Gasteiger partial charge < -0.3 is 24.8 Å². The Morgan fingerprint density at radius 3 is 1.42 bits per heavy atom. The van der Waals surface area contributed by atoms with Crippen molar-refractivity contribution in [2.75, 3.05) is 0 Å². The molecule has 52 heavy (non-hydrogen) atoms. The predicted octanol–water partition coefficient (Wildman–Crippen LogP) is 7.01. The van der Waals surface area contributed by atoms with Crippen molar-refractivity contribution >= 4 is 24.8 Å². The third kappa shape index (κ3) is 8.91. The van der Waals surface area contributed by atoms with E-state index in [1.165, 1.54) is 90.5 Å².